The lowest BCUT2D eigenvalue weighted by Gasteiger charge is -2.08. The third-order valence-electron chi connectivity index (χ3n) is 1.93. The molecule has 0 fully saturated rings. The average Bonchev–Trinajstić information content (AvgIpc) is 2.04. The fourth-order valence-electron chi connectivity index (χ4n) is 0.989. The van der Waals surface area contributed by atoms with Crippen molar-refractivity contribution in [2.45, 2.75) is 26.2 Å². The van der Waals surface area contributed by atoms with Crippen molar-refractivity contribution in [2.75, 3.05) is 5.73 Å². The summed E-state index contributed by atoms with van der Waals surface area (Å²) in [6, 6.07) is 1.93. The number of nitrogens with zero attached hydrogens (tertiary/aromatic N) is 2. The lowest BCUT2D eigenvalue weighted by atomic mass is 10.0. The molecule has 3 nitrogen and oxygen atoms in total. The van der Waals surface area contributed by atoms with Crippen molar-refractivity contribution < 1.29 is 0 Å². The molecule has 1 aromatic rings. The van der Waals surface area contributed by atoms with E-state index in [0.717, 1.165) is 12.0 Å². The highest BCUT2D eigenvalue weighted by atomic mass is 15.1. The number of rotatable bonds is 2. The molecule has 0 aliphatic heterocycles. The van der Waals surface area contributed by atoms with Gasteiger partial charge in [0.25, 0.3) is 0 Å². The number of nitrogen functional groups attached to an aromatic ring is 1. The van der Waals surface area contributed by atoms with Gasteiger partial charge in [0.2, 0.25) is 0 Å². The number of hydrogen-bond acceptors (Lipinski definition) is 3. The smallest absolute Gasteiger partial charge is 0.149 e. The molecule has 0 saturated heterocycles. The largest absolute Gasteiger partial charge is 0.382 e. The van der Waals surface area contributed by atoms with Crippen molar-refractivity contribution in [3.8, 4) is 0 Å². The van der Waals surface area contributed by atoms with Crippen LogP contribution in [-0.4, -0.2) is 10.2 Å². The van der Waals surface area contributed by atoms with E-state index in [-0.39, 0.29) is 0 Å². The molecule has 0 saturated carbocycles. The molecule has 60 valence electrons. The number of hydrogen-bond donors (Lipinski definition) is 1. The van der Waals surface area contributed by atoms with Crippen LogP contribution in [0.1, 0.15) is 31.7 Å². The van der Waals surface area contributed by atoms with Crippen molar-refractivity contribution in [3.63, 3.8) is 0 Å². The minimum atomic E-state index is 0.477. The summed E-state index contributed by atoms with van der Waals surface area (Å²) in [5, 5.41) is 7.46. The van der Waals surface area contributed by atoms with Crippen LogP contribution in [-0.2, 0) is 0 Å². The van der Waals surface area contributed by atoms with E-state index in [2.05, 4.69) is 24.0 Å². The number of nitrogens with two attached hydrogens (primary N) is 1. The Morgan fingerprint density at radius 3 is 2.91 bits per heavy atom. The van der Waals surface area contributed by atoms with E-state index in [1.807, 2.05) is 6.07 Å². The van der Waals surface area contributed by atoms with E-state index >= 15 is 0 Å². The molecule has 0 aliphatic carbocycles. The number of anilines is 1. The molecule has 0 bridgehead atoms. The van der Waals surface area contributed by atoms with Gasteiger partial charge in [0.15, 0.2) is 0 Å². The van der Waals surface area contributed by atoms with Gasteiger partial charge in [-0.15, -0.1) is 5.10 Å². The summed E-state index contributed by atoms with van der Waals surface area (Å²) in [6.07, 6.45) is 2.76. The Balaban J connectivity index is 2.93. The monoisotopic (exact) mass is 151 g/mol. The third kappa shape index (κ3) is 1.67. The summed E-state index contributed by atoms with van der Waals surface area (Å²) in [4.78, 5) is 0. The quantitative estimate of drug-likeness (QED) is 0.698. The van der Waals surface area contributed by atoms with Crippen molar-refractivity contribution in [1.82, 2.24) is 10.2 Å². The molecule has 1 atom stereocenters. The molecule has 1 aromatic heterocycles. The average molecular weight is 151 g/mol. The Bertz CT molecular complexity index is 235. The van der Waals surface area contributed by atoms with E-state index in [1.54, 1.807) is 6.20 Å². The molecule has 2 N–H and O–H groups in total. The summed E-state index contributed by atoms with van der Waals surface area (Å²) < 4.78 is 0. The number of aromatic nitrogens is 2. The Labute approximate surface area is 66.6 Å². The van der Waals surface area contributed by atoms with Crippen molar-refractivity contribution in [2.24, 2.45) is 0 Å². The van der Waals surface area contributed by atoms with Crippen molar-refractivity contribution in [3.05, 3.63) is 17.8 Å². The molecule has 0 amide bonds. The van der Waals surface area contributed by atoms with Crippen molar-refractivity contribution >= 4 is 5.82 Å². The maximum absolute atomic E-state index is 5.62. The molecule has 3 heteroatoms. The van der Waals surface area contributed by atoms with Crippen molar-refractivity contribution in [1.29, 1.82) is 0 Å². The summed E-state index contributed by atoms with van der Waals surface area (Å²) in [5.74, 6) is 1.03. The Hall–Kier alpha value is -1.12. The molecule has 1 unspecified atom stereocenters. The molecular weight excluding hydrogens is 138 g/mol. The Kier molecular flexibility index (Phi) is 2.41. The van der Waals surface area contributed by atoms with Crippen LogP contribution in [0.4, 0.5) is 5.82 Å². The molecule has 0 radical (unpaired) electrons. The standard InChI is InChI=1S/C8H13N3/c1-3-6(2)7-4-5-10-11-8(7)9/h4-6H,3H2,1-2H3,(H2,9,11). The summed E-state index contributed by atoms with van der Waals surface area (Å²) in [6.45, 7) is 4.26. The second-order valence-electron chi connectivity index (χ2n) is 2.68. The first-order valence-corrected chi connectivity index (χ1v) is 3.82. The van der Waals surface area contributed by atoms with E-state index in [9.17, 15) is 0 Å². The molecule has 11 heavy (non-hydrogen) atoms. The molecular formula is C8H13N3. The zero-order valence-corrected chi connectivity index (χ0v) is 6.91. The van der Waals surface area contributed by atoms with E-state index in [4.69, 9.17) is 5.73 Å². The van der Waals surface area contributed by atoms with Gasteiger partial charge in [-0.3, -0.25) is 0 Å². The second kappa shape index (κ2) is 3.32. The predicted molar refractivity (Wildman–Crippen MR) is 45.2 cm³/mol. The fraction of sp³-hybridized carbons (Fsp3) is 0.500. The first-order chi connectivity index (χ1) is 5.25. The lowest BCUT2D eigenvalue weighted by molar-refractivity contribution is 0.728. The molecule has 0 aliphatic rings. The van der Waals surface area contributed by atoms with Crippen LogP contribution >= 0.6 is 0 Å². The maximum Gasteiger partial charge on any atom is 0.149 e. The summed E-state index contributed by atoms with van der Waals surface area (Å²) >= 11 is 0. The van der Waals surface area contributed by atoms with Gasteiger partial charge in [-0.2, -0.15) is 5.10 Å². The van der Waals surface area contributed by atoms with Gasteiger partial charge in [0.05, 0.1) is 6.20 Å². The van der Waals surface area contributed by atoms with Crippen LogP contribution in [0, 0.1) is 0 Å². The highest BCUT2D eigenvalue weighted by Gasteiger charge is 2.06. The van der Waals surface area contributed by atoms with Gasteiger partial charge in [-0.05, 0) is 18.4 Å². The van der Waals surface area contributed by atoms with Crippen LogP contribution < -0.4 is 5.73 Å². The van der Waals surface area contributed by atoms with Gasteiger partial charge in [0.1, 0.15) is 5.82 Å². The van der Waals surface area contributed by atoms with E-state index < -0.39 is 0 Å². The highest BCUT2D eigenvalue weighted by Crippen LogP contribution is 2.21. The molecule has 0 spiro atoms. The molecule has 1 rings (SSSR count). The third-order valence-corrected chi connectivity index (χ3v) is 1.93. The lowest BCUT2D eigenvalue weighted by Crippen LogP contribution is -2.01. The van der Waals surface area contributed by atoms with E-state index in [1.165, 1.54) is 0 Å². The van der Waals surface area contributed by atoms with Crippen LogP contribution in [0.5, 0.6) is 0 Å². The fourth-order valence-corrected chi connectivity index (χ4v) is 0.989. The highest BCUT2D eigenvalue weighted by molar-refractivity contribution is 5.39. The second-order valence-corrected chi connectivity index (χ2v) is 2.68. The van der Waals surface area contributed by atoms with Gasteiger partial charge in [0, 0.05) is 5.56 Å². The Morgan fingerprint density at radius 1 is 1.64 bits per heavy atom. The zero-order chi connectivity index (χ0) is 8.27. The Morgan fingerprint density at radius 2 is 2.36 bits per heavy atom. The summed E-state index contributed by atoms with van der Waals surface area (Å²) in [5.41, 5.74) is 6.72. The molecule has 1 heterocycles. The van der Waals surface area contributed by atoms with Crippen LogP contribution in [0.3, 0.4) is 0 Å². The first kappa shape index (κ1) is 7.98. The predicted octanol–water partition coefficient (Wildman–Crippen LogP) is 1.57. The van der Waals surface area contributed by atoms with Crippen LogP contribution in [0.15, 0.2) is 12.3 Å². The van der Waals surface area contributed by atoms with Gasteiger partial charge < -0.3 is 5.73 Å². The van der Waals surface area contributed by atoms with Gasteiger partial charge in [-0.25, -0.2) is 0 Å². The summed E-state index contributed by atoms with van der Waals surface area (Å²) in [7, 11) is 0. The minimum absolute atomic E-state index is 0.477. The van der Waals surface area contributed by atoms with Gasteiger partial charge in [-0.1, -0.05) is 13.8 Å². The zero-order valence-electron chi connectivity index (χ0n) is 6.91. The van der Waals surface area contributed by atoms with Crippen LogP contribution in [0.2, 0.25) is 0 Å². The topological polar surface area (TPSA) is 51.8 Å². The normalized spacial score (nSPS) is 12.9. The maximum atomic E-state index is 5.62. The van der Waals surface area contributed by atoms with E-state index in [0.29, 0.717) is 11.7 Å². The van der Waals surface area contributed by atoms with Crippen LogP contribution in [0.25, 0.3) is 0 Å². The van der Waals surface area contributed by atoms with Gasteiger partial charge >= 0.3 is 0 Å². The molecule has 0 aromatic carbocycles. The SMILES string of the molecule is CCC(C)c1ccnnc1N. The minimum Gasteiger partial charge on any atom is -0.382 e. The first-order valence-electron chi connectivity index (χ1n) is 3.82.